The number of carbonyl (C=O) groups is 1. The third-order valence-corrected chi connectivity index (χ3v) is 5.98. The first-order chi connectivity index (χ1) is 19.6. The van der Waals surface area contributed by atoms with Gasteiger partial charge >= 0.3 is 0 Å². The van der Waals surface area contributed by atoms with E-state index in [1.807, 2.05) is 54.6 Å². The molecule has 2 aromatic heterocycles. The van der Waals surface area contributed by atoms with Crippen molar-refractivity contribution in [3.8, 4) is 23.0 Å². The number of amides is 1. The lowest BCUT2D eigenvalue weighted by Crippen LogP contribution is -2.34. The predicted molar refractivity (Wildman–Crippen MR) is 150 cm³/mol. The topological polar surface area (TPSA) is 112 Å². The van der Waals surface area contributed by atoms with Gasteiger partial charge in [0.1, 0.15) is 34.9 Å². The van der Waals surface area contributed by atoms with Crippen LogP contribution in [-0.2, 0) is 6.54 Å². The van der Waals surface area contributed by atoms with Crippen LogP contribution in [-0.4, -0.2) is 40.1 Å². The molecule has 2 heterocycles. The summed E-state index contributed by atoms with van der Waals surface area (Å²) >= 11 is 0. The summed E-state index contributed by atoms with van der Waals surface area (Å²) in [6.07, 6.45) is 4.15. The highest BCUT2D eigenvalue weighted by Gasteiger charge is 2.21. The van der Waals surface area contributed by atoms with Crippen molar-refractivity contribution < 1.29 is 19.0 Å². The van der Waals surface area contributed by atoms with Crippen LogP contribution in [0.4, 0.5) is 5.69 Å². The quantitative estimate of drug-likeness (QED) is 0.225. The number of pyridine rings is 1. The number of anilines is 1. The van der Waals surface area contributed by atoms with Crippen molar-refractivity contribution in [3.63, 3.8) is 0 Å². The summed E-state index contributed by atoms with van der Waals surface area (Å²) in [6.45, 7) is 0.449. The molecule has 0 saturated carbocycles. The third kappa shape index (κ3) is 6.54. The average Bonchev–Trinajstić information content (AvgIpc) is 3.46. The monoisotopic (exact) mass is 536 g/mol. The van der Waals surface area contributed by atoms with Gasteiger partial charge in [-0.1, -0.05) is 35.5 Å². The fourth-order valence-electron chi connectivity index (χ4n) is 4.02. The van der Waals surface area contributed by atoms with E-state index in [-0.39, 0.29) is 5.91 Å². The maximum atomic E-state index is 13.1. The molecule has 0 aliphatic carbocycles. The zero-order chi connectivity index (χ0) is 27.7. The molecule has 0 saturated heterocycles. The van der Waals surface area contributed by atoms with Crippen molar-refractivity contribution in [3.05, 3.63) is 120 Å². The van der Waals surface area contributed by atoms with Crippen LogP contribution in [0.3, 0.4) is 0 Å². The zero-order valence-corrected chi connectivity index (χ0v) is 22.0. The van der Waals surface area contributed by atoms with E-state index in [1.165, 1.54) is 6.20 Å². The van der Waals surface area contributed by atoms with Crippen molar-refractivity contribution >= 4 is 11.6 Å². The summed E-state index contributed by atoms with van der Waals surface area (Å²) in [4.78, 5) is 17.1. The molecular formula is C30H28N6O4. The molecule has 202 valence electrons. The number of nitrogens with zero attached hydrogens (tertiary/aromatic N) is 4. The van der Waals surface area contributed by atoms with Gasteiger partial charge < -0.3 is 24.8 Å². The third-order valence-electron chi connectivity index (χ3n) is 5.98. The van der Waals surface area contributed by atoms with E-state index < -0.39 is 6.17 Å². The lowest BCUT2D eigenvalue weighted by molar-refractivity contribution is 0.0940. The van der Waals surface area contributed by atoms with Crippen molar-refractivity contribution in [1.82, 2.24) is 25.3 Å². The normalized spacial score (nSPS) is 11.3. The van der Waals surface area contributed by atoms with Crippen LogP contribution in [0, 0.1) is 0 Å². The first-order valence-electron chi connectivity index (χ1n) is 12.5. The summed E-state index contributed by atoms with van der Waals surface area (Å²) in [5.41, 5.74) is 2.50. The van der Waals surface area contributed by atoms with Gasteiger partial charge in [-0.3, -0.25) is 9.78 Å². The van der Waals surface area contributed by atoms with Crippen molar-refractivity contribution in [1.29, 1.82) is 0 Å². The molecule has 40 heavy (non-hydrogen) atoms. The number of ether oxygens (including phenoxy) is 3. The average molecular weight is 537 g/mol. The molecule has 0 aliphatic heterocycles. The molecule has 0 fully saturated rings. The Morgan fingerprint density at radius 2 is 1.75 bits per heavy atom. The molecule has 2 N–H and O–H groups in total. The predicted octanol–water partition coefficient (Wildman–Crippen LogP) is 5.07. The van der Waals surface area contributed by atoms with Crippen LogP contribution in [0.15, 0.2) is 104 Å². The minimum atomic E-state index is -0.741. The first kappa shape index (κ1) is 26.2. The zero-order valence-electron chi connectivity index (χ0n) is 22.0. The molecule has 0 radical (unpaired) electrons. The lowest BCUT2D eigenvalue weighted by atomic mass is 10.2. The van der Waals surface area contributed by atoms with Crippen molar-refractivity contribution in [2.45, 2.75) is 12.7 Å². The number of benzene rings is 3. The Hall–Kier alpha value is -5.38. The van der Waals surface area contributed by atoms with Gasteiger partial charge in [-0.2, -0.15) is 0 Å². The first-order valence-corrected chi connectivity index (χ1v) is 12.5. The molecule has 0 spiro atoms. The molecule has 0 bridgehead atoms. The van der Waals surface area contributed by atoms with Crippen LogP contribution in [0.1, 0.15) is 27.8 Å². The highest BCUT2D eigenvalue weighted by Crippen LogP contribution is 2.31. The van der Waals surface area contributed by atoms with Crippen LogP contribution in [0.2, 0.25) is 0 Å². The standard InChI is InChI=1S/C30H28N6O4/c1-38-24-13-14-28(39-2)26(17-24)32-29(33-30(37)22-9-7-15-31-18-22)27-20-36(35-34-27)19-21-8-6-12-25(16-21)40-23-10-4-3-5-11-23/h3-18,20,29,32H,19H2,1-2H3,(H,33,37). The number of carbonyl (C=O) groups excluding carboxylic acids is 1. The van der Waals surface area contributed by atoms with Crippen LogP contribution < -0.4 is 24.8 Å². The number of hydrogen-bond acceptors (Lipinski definition) is 8. The summed E-state index contributed by atoms with van der Waals surface area (Å²) in [7, 11) is 3.15. The van der Waals surface area contributed by atoms with Gasteiger partial charge in [-0.25, -0.2) is 4.68 Å². The van der Waals surface area contributed by atoms with Crippen molar-refractivity contribution in [2.24, 2.45) is 0 Å². The van der Waals surface area contributed by atoms with Crippen LogP contribution >= 0.6 is 0 Å². The Morgan fingerprint density at radius 1 is 0.900 bits per heavy atom. The molecule has 5 aromatic rings. The molecule has 3 aromatic carbocycles. The van der Waals surface area contributed by atoms with Gasteiger partial charge in [0.05, 0.1) is 38.2 Å². The molecule has 5 rings (SSSR count). The fourth-order valence-corrected chi connectivity index (χ4v) is 4.02. The summed E-state index contributed by atoms with van der Waals surface area (Å²) in [6, 6.07) is 26.1. The molecule has 0 aliphatic rings. The second-order valence-corrected chi connectivity index (χ2v) is 8.76. The lowest BCUT2D eigenvalue weighted by Gasteiger charge is -2.21. The highest BCUT2D eigenvalue weighted by molar-refractivity contribution is 5.94. The second-order valence-electron chi connectivity index (χ2n) is 8.76. The van der Waals surface area contributed by atoms with Gasteiger partial charge in [0.15, 0.2) is 0 Å². The number of methoxy groups -OCH3 is 2. The van der Waals surface area contributed by atoms with Crippen LogP contribution in [0.25, 0.3) is 0 Å². The molecule has 1 unspecified atom stereocenters. The van der Waals surface area contributed by atoms with Gasteiger partial charge in [0.25, 0.3) is 5.91 Å². The Labute approximate surface area is 231 Å². The van der Waals surface area contributed by atoms with E-state index >= 15 is 0 Å². The van der Waals surface area contributed by atoms with E-state index in [1.54, 1.807) is 61.6 Å². The molecular weight excluding hydrogens is 508 g/mol. The van der Waals surface area contributed by atoms with E-state index in [2.05, 4.69) is 25.9 Å². The molecule has 10 heteroatoms. The summed E-state index contributed by atoms with van der Waals surface area (Å²) in [5.74, 6) is 2.35. The van der Waals surface area contributed by atoms with Crippen LogP contribution in [0.5, 0.6) is 23.0 Å². The maximum absolute atomic E-state index is 13.1. The van der Waals surface area contributed by atoms with Gasteiger partial charge in [0, 0.05) is 18.5 Å². The highest BCUT2D eigenvalue weighted by atomic mass is 16.5. The van der Waals surface area contributed by atoms with Gasteiger partial charge in [0.2, 0.25) is 0 Å². The molecule has 1 amide bonds. The smallest absolute Gasteiger partial charge is 0.254 e. The SMILES string of the molecule is COc1ccc(OC)c(NC(NC(=O)c2cccnc2)c2cn(Cc3cccc(Oc4ccccc4)c3)nn2)c1. The Bertz CT molecular complexity index is 1560. The molecule has 1 atom stereocenters. The minimum Gasteiger partial charge on any atom is -0.497 e. The van der Waals surface area contributed by atoms with Gasteiger partial charge in [-0.05, 0) is 54.1 Å². The summed E-state index contributed by atoms with van der Waals surface area (Å²) < 4.78 is 18.6. The number of hydrogen-bond donors (Lipinski definition) is 2. The van der Waals surface area contributed by atoms with Gasteiger partial charge in [-0.15, -0.1) is 5.10 Å². The largest absolute Gasteiger partial charge is 0.497 e. The Kier molecular flexibility index (Phi) is 8.16. The maximum Gasteiger partial charge on any atom is 0.254 e. The van der Waals surface area contributed by atoms with E-state index in [4.69, 9.17) is 14.2 Å². The van der Waals surface area contributed by atoms with Crippen molar-refractivity contribution in [2.75, 3.05) is 19.5 Å². The minimum absolute atomic E-state index is 0.326. The second kappa shape index (κ2) is 12.4. The van der Waals surface area contributed by atoms with E-state index in [0.29, 0.717) is 35.0 Å². The molecule has 10 nitrogen and oxygen atoms in total. The Balaban J connectivity index is 1.38. The van der Waals surface area contributed by atoms with E-state index in [9.17, 15) is 4.79 Å². The number of aromatic nitrogens is 4. The number of para-hydroxylation sites is 1. The van der Waals surface area contributed by atoms with E-state index in [0.717, 1.165) is 17.1 Å². The Morgan fingerprint density at radius 3 is 2.52 bits per heavy atom. The number of nitrogens with one attached hydrogen (secondary N) is 2. The number of rotatable bonds is 11. The fraction of sp³-hybridized carbons (Fsp3) is 0.133. The summed E-state index contributed by atoms with van der Waals surface area (Å²) in [5, 5.41) is 15.0.